The number of nitrogens with one attached hydrogen (secondary N) is 1. The Morgan fingerprint density at radius 3 is 2.87 bits per heavy atom. The van der Waals surface area contributed by atoms with Crippen LogP contribution in [0.3, 0.4) is 0 Å². The van der Waals surface area contributed by atoms with Gasteiger partial charge in [-0.3, -0.25) is 14.6 Å². The number of carbonyl (C=O) groups is 2. The molecule has 1 fully saturated rings. The number of carbonyl (C=O) groups excluding carboxylic acids is 2. The van der Waals surface area contributed by atoms with Crippen LogP contribution < -0.4 is 11.1 Å². The van der Waals surface area contributed by atoms with E-state index in [-0.39, 0.29) is 17.6 Å². The van der Waals surface area contributed by atoms with Crippen LogP contribution in [0.1, 0.15) is 33.7 Å². The van der Waals surface area contributed by atoms with Crippen molar-refractivity contribution in [2.24, 2.45) is 5.73 Å². The lowest BCUT2D eigenvalue weighted by molar-refractivity contribution is 0.0950. The number of aromatic nitrogens is 1. The monoisotopic (exact) mass is 204 g/mol. The molecule has 0 aromatic carbocycles. The maximum absolute atomic E-state index is 11.5. The minimum atomic E-state index is -0.684. The van der Waals surface area contributed by atoms with Crippen LogP contribution in [0.25, 0.3) is 0 Å². The average molecular weight is 204 g/mol. The second-order valence-electron chi connectivity index (χ2n) is 3.44. The van der Waals surface area contributed by atoms with E-state index >= 15 is 0 Å². The Bertz CT molecular complexity index is 413. The van der Waals surface area contributed by atoms with Crippen LogP contribution in [0.15, 0.2) is 12.3 Å². The van der Waals surface area contributed by atoms with E-state index in [0.29, 0.717) is 5.56 Å². The number of amides is 2. The molecule has 0 saturated heterocycles. The molecule has 0 bridgehead atoms. The van der Waals surface area contributed by atoms with Gasteiger partial charge in [0.25, 0.3) is 11.8 Å². The van der Waals surface area contributed by atoms with Crippen molar-refractivity contribution in [1.82, 2.24) is 10.3 Å². The van der Waals surface area contributed by atoms with Crippen molar-refractivity contribution in [1.29, 1.82) is 0 Å². The molecular formula is C10H10N3O2. The third-order valence-corrected chi connectivity index (χ3v) is 2.09. The predicted molar refractivity (Wildman–Crippen MR) is 52.1 cm³/mol. The number of rotatable bonds is 3. The van der Waals surface area contributed by atoms with Crippen molar-refractivity contribution >= 4 is 11.8 Å². The van der Waals surface area contributed by atoms with Crippen molar-refractivity contribution in [3.05, 3.63) is 29.6 Å². The summed E-state index contributed by atoms with van der Waals surface area (Å²) in [5.74, 6) is -0.918. The fourth-order valence-corrected chi connectivity index (χ4v) is 1.14. The van der Waals surface area contributed by atoms with E-state index in [1.165, 1.54) is 12.3 Å². The van der Waals surface area contributed by atoms with Crippen molar-refractivity contribution in [2.75, 3.05) is 0 Å². The van der Waals surface area contributed by atoms with Crippen molar-refractivity contribution in [3.8, 4) is 0 Å². The molecule has 1 aliphatic carbocycles. The fraction of sp³-hybridized carbons (Fsp3) is 0.300. The van der Waals surface area contributed by atoms with E-state index in [0.717, 1.165) is 12.8 Å². The fourth-order valence-electron chi connectivity index (χ4n) is 1.14. The lowest BCUT2D eigenvalue weighted by Crippen LogP contribution is -2.26. The first-order valence-corrected chi connectivity index (χ1v) is 4.66. The van der Waals surface area contributed by atoms with Crippen LogP contribution in [0.2, 0.25) is 0 Å². The third-order valence-electron chi connectivity index (χ3n) is 2.09. The Balaban J connectivity index is 2.15. The lowest BCUT2D eigenvalue weighted by Gasteiger charge is -2.02. The van der Waals surface area contributed by atoms with Gasteiger partial charge in [-0.05, 0) is 18.9 Å². The molecule has 0 aliphatic heterocycles. The molecule has 5 nitrogen and oxygen atoms in total. The summed E-state index contributed by atoms with van der Waals surface area (Å²) in [4.78, 5) is 26.1. The molecule has 1 aromatic heterocycles. The molecule has 15 heavy (non-hydrogen) atoms. The number of primary amides is 1. The first kappa shape index (κ1) is 9.64. The number of hydrogen-bond donors (Lipinski definition) is 2. The first-order valence-electron chi connectivity index (χ1n) is 4.66. The molecule has 0 unspecified atom stereocenters. The van der Waals surface area contributed by atoms with Crippen LogP contribution in [-0.4, -0.2) is 22.8 Å². The van der Waals surface area contributed by atoms with E-state index in [9.17, 15) is 9.59 Å². The van der Waals surface area contributed by atoms with Crippen LogP contribution in [0.4, 0.5) is 0 Å². The Morgan fingerprint density at radius 2 is 2.27 bits per heavy atom. The van der Waals surface area contributed by atoms with Gasteiger partial charge in [-0.1, -0.05) is 0 Å². The van der Waals surface area contributed by atoms with E-state index in [4.69, 9.17) is 5.73 Å². The van der Waals surface area contributed by atoms with Gasteiger partial charge < -0.3 is 11.1 Å². The van der Waals surface area contributed by atoms with Gasteiger partial charge in [-0.15, -0.1) is 0 Å². The summed E-state index contributed by atoms with van der Waals surface area (Å²) in [5, 5.41) is 2.79. The number of pyridine rings is 1. The molecule has 1 heterocycles. The Hall–Kier alpha value is -1.91. The largest absolute Gasteiger partial charge is 0.364 e. The first-order chi connectivity index (χ1) is 7.16. The van der Waals surface area contributed by atoms with Crippen molar-refractivity contribution in [3.63, 3.8) is 0 Å². The third kappa shape index (κ3) is 2.31. The molecule has 0 spiro atoms. The van der Waals surface area contributed by atoms with Crippen LogP contribution in [0.5, 0.6) is 0 Å². The molecule has 2 amide bonds. The Labute approximate surface area is 86.7 Å². The van der Waals surface area contributed by atoms with Crippen LogP contribution in [-0.2, 0) is 0 Å². The summed E-state index contributed by atoms with van der Waals surface area (Å²) in [6.45, 7) is 0. The van der Waals surface area contributed by atoms with Gasteiger partial charge in [-0.25, -0.2) is 0 Å². The number of nitrogens with two attached hydrogens (primary N) is 1. The highest BCUT2D eigenvalue weighted by molar-refractivity contribution is 5.97. The molecule has 1 radical (unpaired) electrons. The molecule has 77 valence electrons. The normalized spacial score (nSPS) is 14.7. The Kier molecular flexibility index (Phi) is 2.37. The minimum absolute atomic E-state index is 0.0153. The maximum Gasteiger partial charge on any atom is 0.267 e. The molecular weight excluding hydrogens is 194 g/mol. The summed E-state index contributed by atoms with van der Waals surface area (Å²) in [5.41, 5.74) is 5.31. The molecule has 1 aliphatic rings. The van der Waals surface area contributed by atoms with Crippen molar-refractivity contribution < 1.29 is 9.59 Å². The van der Waals surface area contributed by atoms with Gasteiger partial charge in [0.15, 0.2) is 0 Å². The van der Waals surface area contributed by atoms with E-state index in [2.05, 4.69) is 16.4 Å². The molecule has 0 atom stereocenters. The zero-order valence-electron chi connectivity index (χ0n) is 7.99. The highest BCUT2D eigenvalue weighted by Gasteiger charge is 2.24. The highest BCUT2D eigenvalue weighted by atomic mass is 16.2. The summed E-state index contributed by atoms with van der Waals surface area (Å²) < 4.78 is 0. The molecule has 3 N–H and O–H groups in total. The summed E-state index contributed by atoms with van der Waals surface area (Å²) in [6, 6.07) is 4.36. The molecule has 1 saturated carbocycles. The molecule has 2 rings (SSSR count). The van der Waals surface area contributed by atoms with Gasteiger partial charge >= 0.3 is 0 Å². The van der Waals surface area contributed by atoms with Gasteiger partial charge in [0.2, 0.25) is 0 Å². The zero-order valence-corrected chi connectivity index (χ0v) is 7.99. The summed E-state index contributed by atoms with van der Waals surface area (Å²) in [7, 11) is 0. The maximum atomic E-state index is 11.5. The SMILES string of the molecule is NC(=O)c1[c]c(C(=O)NC2CC2)ccn1. The van der Waals surface area contributed by atoms with Crippen molar-refractivity contribution in [2.45, 2.75) is 18.9 Å². The van der Waals surface area contributed by atoms with Crippen LogP contribution >= 0.6 is 0 Å². The molecule has 5 heteroatoms. The molecule has 1 aromatic rings. The topological polar surface area (TPSA) is 85.1 Å². The summed E-state index contributed by atoms with van der Waals surface area (Å²) in [6.07, 6.45) is 3.40. The van der Waals surface area contributed by atoms with E-state index in [1.807, 2.05) is 0 Å². The van der Waals surface area contributed by atoms with E-state index < -0.39 is 5.91 Å². The van der Waals surface area contributed by atoms with Gasteiger partial charge in [0, 0.05) is 18.3 Å². The van der Waals surface area contributed by atoms with E-state index in [1.54, 1.807) is 0 Å². The van der Waals surface area contributed by atoms with Crippen LogP contribution in [0, 0.1) is 6.07 Å². The minimum Gasteiger partial charge on any atom is -0.364 e. The summed E-state index contributed by atoms with van der Waals surface area (Å²) >= 11 is 0. The quantitative estimate of drug-likeness (QED) is 0.719. The van der Waals surface area contributed by atoms with Gasteiger partial charge in [0.1, 0.15) is 5.69 Å². The zero-order chi connectivity index (χ0) is 10.8. The predicted octanol–water partition coefficient (Wildman–Crippen LogP) is -0.127. The van der Waals surface area contributed by atoms with Gasteiger partial charge in [0.05, 0.1) is 5.56 Å². The average Bonchev–Trinajstić information content (AvgIpc) is 3.02. The second-order valence-corrected chi connectivity index (χ2v) is 3.44. The Morgan fingerprint density at radius 1 is 1.53 bits per heavy atom. The van der Waals surface area contributed by atoms with Gasteiger partial charge in [-0.2, -0.15) is 0 Å². The number of hydrogen-bond acceptors (Lipinski definition) is 3. The second kappa shape index (κ2) is 3.68. The number of nitrogens with zero attached hydrogens (tertiary/aromatic N) is 1. The standard InChI is InChI=1S/C10H10N3O2/c11-9(14)8-5-6(3-4-12-8)10(15)13-7-1-2-7/h3-4,7H,1-2H2,(H2,11,14)(H,13,15). The lowest BCUT2D eigenvalue weighted by atomic mass is 10.2. The smallest absolute Gasteiger partial charge is 0.267 e. The highest BCUT2D eigenvalue weighted by Crippen LogP contribution is 2.19.